The number of aryl methyl sites for hydroxylation is 3. The van der Waals surface area contributed by atoms with Crippen LogP contribution in [-0.2, 0) is 0 Å². The summed E-state index contributed by atoms with van der Waals surface area (Å²) in [5.74, 6) is 1.13. The van der Waals surface area contributed by atoms with E-state index in [-0.39, 0.29) is 6.79 Å². The summed E-state index contributed by atoms with van der Waals surface area (Å²) in [5.41, 5.74) is 5.01. The average Bonchev–Trinajstić information content (AvgIpc) is 2.91. The molecule has 4 heteroatoms. The zero-order chi connectivity index (χ0) is 15.1. The number of rotatable bonds is 2. The summed E-state index contributed by atoms with van der Waals surface area (Å²) in [6, 6.07) is 7.62. The van der Waals surface area contributed by atoms with Crippen LogP contribution >= 0.6 is 11.6 Å². The summed E-state index contributed by atoms with van der Waals surface area (Å²) in [4.78, 5) is 0. The lowest BCUT2D eigenvalue weighted by Crippen LogP contribution is -2.03. The number of ether oxygens (including phenoxy) is 2. The third-order valence-corrected chi connectivity index (χ3v) is 4.22. The molecule has 1 heterocycles. The number of fused-ring (bicyclic) bond motifs is 1. The van der Waals surface area contributed by atoms with E-state index in [2.05, 4.69) is 13.0 Å². The van der Waals surface area contributed by atoms with Crippen molar-refractivity contribution < 1.29 is 14.6 Å². The Bertz CT molecular complexity index is 710. The molecule has 2 aromatic rings. The van der Waals surface area contributed by atoms with Crippen LogP contribution in [0.3, 0.4) is 0 Å². The van der Waals surface area contributed by atoms with Crippen LogP contribution in [0.15, 0.2) is 24.3 Å². The molecule has 1 N–H and O–H groups in total. The van der Waals surface area contributed by atoms with Gasteiger partial charge in [-0.1, -0.05) is 23.7 Å². The van der Waals surface area contributed by atoms with Crippen molar-refractivity contribution in [2.24, 2.45) is 0 Å². The van der Waals surface area contributed by atoms with Crippen molar-refractivity contribution in [3.63, 3.8) is 0 Å². The Balaban J connectivity index is 2.05. The fourth-order valence-electron chi connectivity index (χ4n) is 2.60. The SMILES string of the molecule is Cc1cc(C)c(C(O)c2cc(Cl)c3c(c2)OCO3)cc1C. The summed E-state index contributed by atoms with van der Waals surface area (Å²) in [5, 5.41) is 11.1. The second-order valence-electron chi connectivity index (χ2n) is 5.43. The fourth-order valence-corrected chi connectivity index (χ4v) is 2.88. The van der Waals surface area contributed by atoms with Gasteiger partial charge in [0.05, 0.1) is 5.02 Å². The van der Waals surface area contributed by atoms with Crippen LogP contribution in [0.25, 0.3) is 0 Å². The first-order valence-corrected chi connectivity index (χ1v) is 7.20. The molecule has 0 fully saturated rings. The van der Waals surface area contributed by atoms with Gasteiger partial charge < -0.3 is 14.6 Å². The predicted octanol–water partition coefficient (Wildman–Crippen LogP) is 4.08. The monoisotopic (exact) mass is 304 g/mol. The van der Waals surface area contributed by atoms with Gasteiger partial charge in [0.15, 0.2) is 11.5 Å². The second kappa shape index (κ2) is 5.24. The average molecular weight is 305 g/mol. The highest BCUT2D eigenvalue weighted by atomic mass is 35.5. The van der Waals surface area contributed by atoms with Crippen molar-refractivity contribution in [1.82, 2.24) is 0 Å². The Morgan fingerprint density at radius 2 is 1.71 bits per heavy atom. The minimum absolute atomic E-state index is 0.164. The van der Waals surface area contributed by atoms with Crippen molar-refractivity contribution in [2.45, 2.75) is 26.9 Å². The number of aliphatic hydroxyl groups excluding tert-OH is 1. The van der Waals surface area contributed by atoms with E-state index in [1.54, 1.807) is 12.1 Å². The fraction of sp³-hybridized carbons (Fsp3) is 0.294. The number of aliphatic hydroxyl groups is 1. The van der Waals surface area contributed by atoms with Gasteiger partial charge in [-0.2, -0.15) is 0 Å². The zero-order valence-corrected chi connectivity index (χ0v) is 13.0. The van der Waals surface area contributed by atoms with Crippen molar-refractivity contribution in [2.75, 3.05) is 6.79 Å². The van der Waals surface area contributed by atoms with E-state index in [4.69, 9.17) is 21.1 Å². The third-order valence-electron chi connectivity index (χ3n) is 3.94. The van der Waals surface area contributed by atoms with Crippen LogP contribution in [0.5, 0.6) is 11.5 Å². The van der Waals surface area contributed by atoms with Crippen LogP contribution in [0, 0.1) is 20.8 Å². The number of halogens is 1. The largest absolute Gasteiger partial charge is 0.454 e. The Labute approximate surface area is 129 Å². The molecular weight excluding hydrogens is 288 g/mol. The normalized spacial score (nSPS) is 14.3. The van der Waals surface area contributed by atoms with E-state index in [1.807, 2.05) is 19.9 Å². The van der Waals surface area contributed by atoms with Crippen molar-refractivity contribution in [3.8, 4) is 11.5 Å². The Morgan fingerprint density at radius 1 is 1.00 bits per heavy atom. The van der Waals surface area contributed by atoms with Crippen LogP contribution in [0.4, 0.5) is 0 Å². The second-order valence-corrected chi connectivity index (χ2v) is 5.84. The highest BCUT2D eigenvalue weighted by Gasteiger charge is 2.22. The van der Waals surface area contributed by atoms with Gasteiger partial charge in [-0.05, 0) is 60.7 Å². The van der Waals surface area contributed by atoms with E-state index in [9.17, 15) is 5.11 Å². The van der Waals surface area contributed by atoms with Crippen molar-refractivity contribution >= 4 is 11.6 Å². The Morgan fingerprint density at radius 3 is 2.48 bits per heavy atom. The zero-order valence-electron chi connectivity index (χ0n) is 12.2. The molecule has 1 unspecified atom stereocenters. The molecule has 0 aromatic heterocycles. The molecule has 21 heavy (non-hydrogen) atoms. The summed E-state index contributed by atoms with van der Waals surface area (Å²) >= 11 is 6.19. The molecule has 1 aliphatic heterocycles. The molecule has 0 bridgehead atoms. The smallest absolute Gasteiger partial charge is 0.231 e. The van der Waals surface area contributed by atoms with Gasteiger partial charge in [0.2, 0.25) is 6.79 Å². The van der Waals surface area contributed by atoms with Crippen LogP contribution in [-0.4, -0.2) is 11.9 Å². The molecule has 110 valence electrons. The number of benzene rings is 2. The van der Waals surface area contributed by atoms with Gasteiger partial charge in [0.25, 0.3) is 0 Å². The molecule has 0 saturated heterocycles. The predicted molar refractivity (Wildman–Crippen MR) is 82.3 cm³/mol. The first-order valence-electron chi connectivity index (χ1n) is 6.82. The van der Waals surface area contributed by atoms with Gasteiger partial charge in [0.1, 0.15) is 6.10 Å². The summed E-state index contributed by atoms with van der Waals surface area (Å²) < 4.78 is 10.7. The highest BCUT2D eigenvalue weighted by Crippen LogP contribution is 2.42. The minimum atomic E-state index is -0.740. The van der Waals surface area contributed by atoms with Gasteiger partial charge in [-0.25, -0.2) is 0 Å². The molecule has 0 amide bonds. The maximum Gasteiger partial charge on any atom is 0.231 e. The molecule has 0 saturated carbocycles. The lowest BCUT2D eigenvalue weighted by Gasteiger charge is -2.17. The standard InChI is InChI=1S/C17H17ClO3/c1-9-4-11(3)13(5-10(9)2)16(19)12-6-14(18)17-15(7-12)20-8-21-17/h4-7,16,19H,8H2,1-3H3. The summed E-state index contributed by atoms with van der Waals surface area (Å²) in [6.07, 6.45) is -0.740. The van der Waals surface area contributed by atoms with Gasteiger partial charge in [-0.15, -0.1) is 0 Å². The maximum atomic E-state index is 10.7. The number of hydrogen-bond acceptors (Lipinski definition) is 3. The van der Waals surface area contributed by atoms with Gasteiger partial charge in [0, 0.05) is 0 Å². The molecule has 1 atom stereocenters. The van der Waals surface area contributed by atoms with E-state index in [1.165, 1.54) is 5.56 Å². The van der Waals surface area contributed by atoms with E-state index in [0.717, 1.165) is 16.7 Å². The van der Waals surface area contributed by atoms with E-state index in [0.29, 0.717) is 22.1 Å². The molecule has 3 nitrogen and oxygen atoms in total. The van der Waals surface area contributed by atoms with Crippen LogP contribution in [0.2, 0.25) is 5.02 Å². The lowest BCUT2D eigenvalue weighted by atomic mass is 9.93. The molecule has 2 aromatic carbocycles. The van der Waals surface area contributed by atoms with E-state index >= 15 is 0 Å². The molecule has 0 spiro atoms. The number of hydrogen-bond donors (Lipinski definition) is 1. The van der Waals surface area contributed by atoms with E-state index < -0.39 is 6.10 Å². The first-order chi connectivity index (χ1) is 9.97. The van der Waals surface area contributed by atoms with Crippen LogP contribution < -0.4 is 9.47 Å². The van der Waals surface area contributed by atoms with Crippen LogP contribution in [0.1, 0.15) is 33.9 Å². The molecule has 0 radical (unpaired) electrons. The lowest BCUT2D eigenvalue weighted by molar-refractivity contribution is 0.173. The van der Waals surface area contributed by atoms with Crippen molar-refractivity contribution in [3.05, 3.63) is 57.1 Å². The highest BCUT2D eigenvalue weighted by molar-refractivity contribution is 6.32. The molecule has 1 aliphatic rings. The summed E-state index contributed by atoms with van der Waals surface area (Å²) in [7, 11) is 0. The topological polar surface area (TPSA) is 38.7 Å². The molecule has 3 rings (SSSR count). The Kier molecular flexibility index (Phi) is 3.56. The molecular formula is C17H17ClO3. The first kappa shape index (κ1) is 14.2. The summed E-state index contributed by atoms with van der Waals surface area (Å²) in [6.45, 7) is 6.27. The van der Waals surface area contributed by atoms with Gasteiger partial charge in [-0.3, -0.25) is 0 Å². The van der Waals surface area contributed by atoms with Gasteiger partial charge >= 0.3 is 0 Å². The third kappa shape index (κ3) is 2.47. The molecule has 0 aliphatic carbocycles. The van der Waals surface area contributed by atoms with Crippen molar-refractivity contribution in [1.29, 1.82) is 0 Å². The minimum Gasteiger partial charge on any atom is -0.454 e. The maximum absolute atomic E-state index is 10.7. The Hall–Kier alpha value is -1.71. The quantitative estimate of drug-likeness (QED) is 0.908.